The third-order valence-electron chi connectivity index (χ3n) is 5.69. The number of carbonyl (C=O) groups is 1. The first-order valence-electron chi connectivity index (χ1n) is 12.7. The quantitative estimate of drug-likeness (QED) is 0.156. The lowest BCUT2D eigenvalue weighted by Gasteiger charge is -2.36. The number of nitrogens with zero attached hydrogens (tertiary/aromatic N) is 3. The molecule has 1 saturated heterocycles. The molecule has 2 atom stereocenters. The van der Waals surface area contributed by atoms with Crippen molar-refractivity contribution >= 4 is 63.0 Å². The number of thiocarbonyl (C=S) groups is 1. The fourth-order valence-electron chi connectivity index (χ4n) is 3.99. The third-order valence-corrected chi connectivity index (χ3v) is 7.18. The number of benzene rings is 2. The molecule has 2 unspecified atom stereocenters. The van der Waals surface area contributed by atoms with E-state index in [0.717, 1.165) is 35.1 Å². The van der Waals surface area contributed by atoms with Crippen molar-refractivity contribution in [3.8, 4) is 5.75 Å². The molecule has 9 nitrogen and oxygen atoms in total. The van der Waals surface area contributed by atoms with Gasteiger partial charge in [-0.3, -0.25) is 4.79 Å². The third kappa shape index (κ3) is 8.63. The van der Waals surface area contributed by atoms with Gasteiger partial charge in [-0.05, 0) is 62.4 Å². The molecule has 4 rings (SSSR count). The number of anilines is 5. The predicted molar refractivity (Wildman–Crippen MR) is 162 cm³/mol. The molecule has 0 bridgehead atoms. The Morgan fingerprint density at radius 3 is 2.62 bits per heavy atom. The topological polar surface area (TPSA) is 101 Å². The Morgan fingerprint density at radius 2 is 1.90 bits per heavy atom. The Labute approximate surface area is 242 Å². The zero-order valence-electron chi connectivity index (χ0n) is 22.2. The van der Waals surface area contributed by atoms with E-state index >= 15 is 0 Å². The number of aromatic nitrogens is 2. The van der Waals surface area contributed by atoms with E-state index in [2.05, 4.69) is 51.2 Å². The average Bonchev–Trinajstić information content (AvgIpc) is 2.93. The van der Waals surface area contributed by atoms with E-state index in [0.29, 0.717) is 23.7 Å². The van der Waals surface area contributed by atoms with Crippen molar-refractivity contribution in [2.24, 2.45) is 0 Å². The summed E-state index contributed by atoms with van der Waals surface area (Å²) in [6.07, 6.45) is 2.59. The van der Waals surface area contributed by atoms with Crippen molar-refractivity contribution in [2.75, 3.05) is 41.4 Å². The normalized spacial score (nSPS) is 16.6. The maximum Gasteiger partial charge on any atom is 0.247 e. The van der Waals surface area contributed by atoms with Crippen molar-refractivity contribution in [2.45, 2.75) is 26.1 Å². The van der Waals surface area contributed by atoms with Crippen LogP contribution in [0, 0.1) is 5.82 Å². The molecular weight excluding hydrogens is 551 g/mol. The molecule has 12 heteroatoms. The van der Waals surface area contributed by atoms with Gasteiger partial charge in [0.2, 0.25) is 11.9 Å². The Balaban J connectivity index is 1.27. The number of hydrogen-bond donors (Lipinski definition) is 3. The van der Waals surface area contributed by atoms with Crippen LogP contribution in [0.2, 0.25) is 0 Å². The Bertz CT molecular complexity index is 1330. The molecule has 1 amide bonds. The lowest BCUT2D eigenvalue weighted by Crippen LogP contribution is -2.46. The molecular formula is C28H31FN6O3S2. The summed E-state index contributed by atoms with van der Waals surface area (Å²) in [5.74, 6) is 0.693. The van der Waals surface area contributed by atoms with Crippen molar-refractivity contribution in [3.63, 3.8) is 0 Å². The molecule has 3 N–H and O–H groups in total. The van der Waals surface area contributed by atoms with Crippen LogP contribution in [0.1, 0.15) is 13.8 Å². The number of ether oxygens (including phenoxy) is 2. The zero-order valence-corrected chi connectivity index (χ0v) is 23.9. The highest BCUT2D eigenvalue weighted by atomic mass is 32.2. The van der Waals surface area contributed by atoms with E-state index in [1.165, 1.54) is 6.08 Å². The lowest BCUT2D eigenvalue weighted by molar-refractivity contribution is -0.111. The van der Waals surface area contributed by atoms with Gasteiger partial charge in [-0.15, -0.1) is 0 Å². The van der Waals surface area contributed by atoms with Crippen LogP contribution in [-0.2, 0) is 9.53 Å². The zero-order chi connectivity index (χ0) is 28.5. The van der Waals surface area contributed by atoms with Gasteiger partial charge < -0.3 is 30.3 Å². The summed E-state index contributed by atoms with van der Waals surface area (Å²) >= 11 is 7.19. The molecule has 1 aliphatic rings. The van der Waals surface area contributed by atoms with E-state index in [1.54, 1.807) is 36.0 Å². The molecule has 2 heterocycles. The first kappa shape index (κ1) is 29.2. The number of halogens is 1. The highest BCUT2D eigenvalue weighted by molar-refractivity contribution is 8.22. The van der Waals surface area contributed by atoms with E-state index in [4.69, 9.17) is 21.7 Å². The summed E-state index contributed by atoms with van der Waals surface area (Å²) in [6, 6.07) is 14.1. The van der Waals surface area contributed by atoms with Crippen LogP contribution in [0.3, 0.4) is 0 Å². The van der Waals surface area contributed by atoms with E-state index in [9.17, 15) is 9.18 Å². The number of nitrogens with one attached hydrogen (secondary N) is 3. The van der Waals surface area contributed by atoms with Crippen LogP contribution in [-0.4, -0.2) is 62.8 Å². The summed E-state index contributed by atoms with van der Waals surface area (Å²) in [4.78, 5) is 22.0. The minimum atomic E-state index is -0.621. The summed E-state index contributed by atoms with van der Waals surface area (Å²) < 4.78 is 26.9. The first-order valence-corrected chi connectivity index (χ1v) is 14.1. The van der Waals surface area contributed by atoms with Crippen LogP contribution in [0.5, 0.6) is 5.75 Å². The molecule has 0 aliphatic carbocycles. The fraction of sp³-hybridized carbons (Fsp3) is 0.286. The Hall–Kier alpha value is -3.74. The van der Waals surface area contributed by atoms with Gasteiger partial charge in [0.15, 0.2) is 11.6 Å². The number of amides is 1. The molecule has 2 aromatic carbocycles. The molecule has 210 valence electrons. The van der Waals surface area contributed by atoms with Crippen LogP contribution in [0.4, 0.5) is 33.2 Å². The highest BCUT2D eigenvalue weighted by Gasteiger charge is 2.23. The maximum absolute atomic E-state index is 14.4. The van der Waals surface area contributed by atoms with Gasteiger partial charge in [0, 0.05) is 35.9 Å². The van der Waals surface area contributed by atoms with Crippen LogP contribution in [0.15, 0.2) is 67.4 Å². The standard InChI is InChI=1S/C28H31FN6O3S2/c1-4-25(36)31-21-6-5-7-22(14-21)32-26-24(29)15-30-27(34-26)33-20-8-10-23(11-9-20)37-12-13-40-28(39)35-16-18(2)38-19(3)17-35/h4-11,14-15,18-19H,1,12-13,16-17H2,2-3H3,(H,31,36)(H2,30,32,33,34). The van der Waals surface area contributed by atoms with Gasteiger partial charge >= 0.3 is 0 Å². The van der Waals surface area contributed by atoms with E-state index in [-0.39, 0.29) is 29.9 Å². The Morgan fingerprint density at radius 1 is 1.18 bits per heavy atom. The molecule has 1 fully saturated rings. The monoisotopic (exact) mass is 582 g/mol. The molecule has 3 aromatic rings. The van der Waals surface area contributed by atoms with Gasteiger partial charge in [0.05, 0.1) is 25.0 Å². The molecule has 0 saturated carbocycles. The smallest absolute Gasteiger partial charge is 0.247 e. The van der Waals surface area contributed by atoms with Crippen LogP contribution >= 0.6 is 24.0 Å². The van der Waals surface area contributed by atoms with Gasteiger partial charge in [0.1, 0.15) is 10.1 Å². The van der Waals surface area contributed by atoms with Crippen molar-refractivity contribution < 1.29 is 18.7 Å². The molecule has 0 spiro atoms. The van der Waals surface area contributed by atoms with Crippen LogP contribution in [0.25, 0.3) is 0 Å². The molecule has 40 heavy (non-hydrogen) atoms. The minimum absolute atomic E-state index is 0.0129. The predicted octanol–water partition coefficient (Wildman–Crippen LogP) is 5.73. The van der Waals surface area contributed by atoms with Crippen LogP contribution < -0.4 is 20.7 Å². The number of rotatable bonds is 10. The van der Waals surface area contributed by atoms with Crippen molar-refractivity contribution in [1.29, 1.82) is 0 Å². The Kier molecular flexibility index (Phi) is 10.3. The summed E-state index contributed by atoms with van der Waals surface area (Å²) in [7, 11) is 0. The van der Waals surface area contributed by atoms with Crippen molar-refractivity contribution in [1.82, 2.24) is 14.9 Å². The molecule has 1 aromatic heterocycles. The SMILES string of the molecule is C=CC(=O)Nc1cccc(Nc2nc(Nc3ccc(OCCSC(=S)N4CC(C)OC(C)C4)cc3)ncc2F)c1. The second-order valence-electron chi connectivity index (χ2n) is 9.06. The maximum atomic E-state index is 14.4. The summed E-state index contributed by atoms with van der Waals surface area (Å²) in [6.45, 7) is 9.68. The van der Waals surface area contributed by atoms with Gasteiger partial charge in [-0.1, -0.05) is 36.6 Å². The highest BCUT2D eigenvalue weighted by Crippen LogP contribution is 2.24. The molecule has 1 aliphatic heterocycles. The minimum Gasteiger partial charge on any atom is -0.493 e. The van der Waals surface area contributed by atoms with Crippen molar-refractivity contribution in [3.05, 3.63) is 73.2 Å². The average molecular weight is 583 g/mol. The number of hydrogen-bond acceptors (Lipinski definition) is 9. The number of carbonyl (C=O) groups excluding carboxylic acids is 1. The lowest BCUT2D eigenvalue weighted by atomic mass is 10.2. The fourth-order valence-corrected chi connectivity index (χ4v) is 5.06. The molecule has 0 radical (unpaired) electrons. The largest absolute Gasteiger partial charge is 0.493 e. The summed E-state index contributed by atoms with van der Waals surface area (Å²) in [5.41, 5.74) is 1.79. The number of thioether (sulfide) groups is 1. The first-order chi connectivity index (χ1) is 19.3. The van der Waals surface area contributed by atoms with E-state index < -0.39 is 5.82 Å². The number of morpholine rings is 1. The summed E-state index contributed by atoms with van der Waals surface area (Å²) in [5, 5.41) is 8.64. The second kappa shape index (κ2) is 14.1. The second-order valence-corrected chi connectivity index (χ2v) is 10.8. The van der Waals surface area contributed by atoms with Gasteiger partial charge in [-0.25, -0.2) is 9.37 Å². The van der Waals surface area contributed by atoms with E-state index in [1.807, 2.05) is 24.3 Å². The van der Waals surface area contributed by atoms with Gasteiger partial charge in [-0.2, -0.15) is 4.98 Å². The van der Waals surface area contributed by atoms with Gasteiger partial charge in [0.25, 0.3) is 0 Å².